The van der Waals surface area contributed by atoms with E-state index in [2.05, 4.69) is 29.5 Å². The predicted molar refractivity (Wildman–Crippen MR) is 93.8 cm³/mol. The molecule has 0 spiro atoms. The monoisotopic (exact) mass is 339 g/mol. The highest BCUT2D eigenvalue weighted by Gasteiger charge is 2.31. The average Bonchev–Trinajstić information content (AvgIpc) is 3.03. The highest BCUT2D eigenvalue weighted by Crippen LogP contribution is 2.25. The third-order valence-corrected chi connectivity index (χ3v) is 5.21. The summed E-state index contributed by atoms with van der Waals surface area (Å²) in [7, 11) is 0. The minimum absolute atomic E-state index is 0.141. The Morgan fingerprint density at radius 3 is 2.70 bits per heavy atom. The lowest BCUT2D eigenvalue weighted by Gasteiger charge is -2.26. The second-order valence-electron chi connectivity index (χ2n) is 7.88. The molecule has 0 aromatic carbocycles. The predicted octanol–water partition coefficient (Wildman–Crippen LogP) is 3.53. The summed E-state index contributed by atoms with van der Waals surface area (Å²) in [4.78, 5) is 18.5. The van der Waals surface area contributed by atoms with E-state index in [1.165, 1.54) is 0 Å². The first-order chi connectivity index (χ1) is 10.6. The number of ether oxygens (including phenoxy) is 1. The van der Waals surface area contributed by atoms with Crippen LogP contribution in [-0.2, 0) is 10.3 Å². The van der Waals surface area contributed by atoms with Crippen molar-refractivity contribution in [3.8, 4) is 0 Å². The van der Waals surface area contributed by atoms with Crippen LogP contribution in [0, 0.1) is 12.8 Å². The lowest BCUT2D eigenvalue weighted by Crippen LogP contribution is -2.41. The first-order valence-electron chi connectivity index (χ1n) is 8.22. The lowest BCUT2D eigenvalue weighted by molar-refractivity contribution is 0.0288. The SMILES string of the molecule is Cc1csc(C(C)(C)NC[C@H]2CCN(C(=O)OC(C)(C)C)C2)n1. The fraction of sp³-hybridized carbons (Fsp3) is 0.765. The summed E-state index contributed by atoms with van der Waals surface area (Å²) >= 11 is 1.69. The maximum absolute atomic E-state index is 12.1. The Kier molecular flexibility index (Phi) is 5.36. The van der Waals surface area contributed by atoms with E-state index in [1.54, 1.807) is 11.3 Å². The van der Waals surface area contributed by atoms with E-state index in [1.807, 2.05) is 32.6 Å². The Labute approximate surface area is 143 Å². The van der Waals surface area contributed by atoms with Gasteiger partial charge in [0.05, 0.1) is 5.54 Å². The van der Waals surface area contributed by atoms with Gasteiger partial charge < -0.3 is 15.0 Å². The van der Waals surface area contributed by atoms with E-state index in [0.717, 1.165) is 36.8 Å². The molecule has 2 rings (SSSR count). The molecule has 23 heavy (non-hydrogen) atoms. The van der Waals surface area contributed by atoms with Crippen LogP contribution < -0.4 is 5.32 Å². The summed E-state index contributed by atoms with van der Waals surface area (Å²) in [6.07, 6.45) is 0.814. The third kappa shape index (κ3) is 5.18. The summed E-state index contributed by atoms with van der Waals surface area (Å²) in [5, 5.41) is 6.80. The smallest absolute Gasteiger partial charge is 0.410 e. The van der Waals surface area contributed by atoms with Crippen molar-refractivity contribution in [3.63, 3.8) is 0 Å². The first-order valence-corrected chi connectivity index (χ1v) is 9.10. The van der Waals surface area contributed by atoms with Crippen molar-refractivity contribution in [1.82, 2.24) is 15.2 Å². The fourth-order valence-corrected chi connectivity index (χ4v) is 3.51. The van der Waals surface area contributed by atoms with Gasteiger partial charge in [-0.05, 0) is 53.9 Å². The molecule has 1 fully saturated rings. The molecule has 0 bridgehead atoms. The molecular formula is C17H29N3O2S. The number of likely N-dealkylation sites (tertiary alicyclic amines) is 1. The molecule has 0 aliphatic carbocycles. The Bertz CT molecular complexity index is 548. The van der Waals surface area contributed by atoms with Crippen LogP contribution in [0.15, 0.2) is 5.38 Å². The molecule has 1 aromatic heterocycles. The number of thiazole rings is 1. The molecule has 0 saturated carbocycles. The Balaban J connectivity index is 1.83. The Morgan fingerprint density at radius 1 is 1.43 bits per heavy atom. The van der Waals surface area contributed by atoms with Crippen LogP contribution in [0.1, 0.15) is 51.7 Å². The summed E-state index contributed by atoms with van der Waals surface area (Å²) in [6.45, 7) is 14.5. The summed E-state index contributed by atoms with van der Waals surface area (Å²) < 4.78 is 5.45. The number of nitrogens with one attached hydrogen (secondary N) is 1. The number of nitrogens with zero attached hydrogens (tertiary/aromatic N) is 2. The highest BCUT2D eigenvalue weighted by molar-refractivity contribution is 7.09. The van der Waals surface area contributed by atoms with Gasteiger partial charge in [-0.15, -0.1) is 11.3 Å². The largest absolute Gasteiger partial charge is 0.444 e. The minimum Gasteiger partial charge on any atom is -0.444 e. The van der Waals surface area contributed by atoms with Gasteiger partial charge in [-0.3, -0.25) is 0 Å². The molecule has 130 valence electrons. The van der Waals surface area contributed by atoms with Crippen LogP contribution in [-0.4, -0.2) is 41.2 Å². The lowest BCUT2D eigenvalue weighted by atomic mass is 10.0. The van der Waals surface area contributed by atoms with Crippen LogP contribution in [0.2, 0.25) is 0 Å². The van der Waals surface area contributed by atoms with Crippen molar-refractivity contribution in [3.05, 3.63) is 16.1 Å². The van der Waals surface area contributed by atoms with Gasteiger partial charge >= 0.3 is 6.09 Å². The van der Waals surface area contributed by atoms with Crippen LogP contribution in [0.25, 0.3) is 0 Å². The van der Waals surface area contributed by atoms with Gasteiger partial charge in [-0.1, -0.05) is 0 Å². The maximum Gasteiger partial charge on any atom is 0.410 e. The first kappa shape index (κ1) is 18.2. The number of aryl methyl sites for hydroxylation is 1. The standard InChI is InChI=1S/C17H29N3O2S/c1-12-11-23-14(19-12)17(5,6)18-9-13-7-8-20(10-13)15(21)22-16(2,3)4/h11,13,18H,7-10H2,1-6H3/t13-/m1/s1. The number of aromatic nitrogens is 1. The molecule has 1 atom stereocenters. The van der Waals surface area contributed by atoms with Crippen LogP contribution in [0.4, 0.5) is 4.79 Å². The number of hydrogen-bond acceptors (Lipinski definition) is 5. The van der Waals surface area contributed by atoms with Gasteiger partial charge in [0.1, 0.15) is 10.6 Å². The van der Waals surface area contributed by atoms with E-state index in [9.17, 15) is 4.79 Å². The molecule has 1 aliphatic rings. The molecule has 1 amide bonds. The molecule has 1 saturated heterocycles. The van der Waals surface area contributed by atoms with Gasteiger partial charge in [0.25, 0.3) is 0 Å². The zero-order chi connectivity index (χ0) is 17.3. The minimum atomic E-state index is -0.432. The van der Waals surface area contributed by atoms with Gasteiger partial charge in [-0.2, -0.15) is 0 Å². The fourth-order valence-electron chi connectivity index (χ4n) is 2.61. The van der Waals surface area contributed by atoms with Crippen molar-refractivity contribution in [2.75, 3.05) is 19.6 Å². The van der Waals surface area contributed by atoms with Crippen LogP contribution in [0.5, 0.6) is 0 Å². The number of rotatable bonds is 4. The van der Waals surface area contributed by atoms with Crippen molar-refractivity contribution in [1.29, 1.82) is 0 Å². The molecule has 2 heterocycles. The maximum atomic E-state index is 12.1. The summed E-state index contributed by atoms with van der Waals surface area (Å²) in [5.74, 6) is 0.461. The molecule has 1 aromatic rings. The Morgan fingerprint density at radius 2 is 2.13 bits per heavy atom. The van der Waals surface area contributed by atoms with Crippen molar-refractivity contribution in [2.24, 2.45) is 5.92 Å². The number of amides is 1. The van der Waals surface area contributed by atoms with Gasteiger partial charge in [0.2, 0.25) is 0 Å². The topological polar surface area (TPSA) is 54.5 Å². The molecule has 0 radical (unpaired) electrons. The highest BCUT2D eigenvalue weighted by atomic mass is 32.1. The normalized spacial score (nSPS) is 19.2. The van der Waals surface area contributed by atoms with Crippen molar-refractivity contribution < 1.29 is 9.53 Å². The van der Waals surface area contributed by atoms with E-state index in [4.69, 9.17) is 4.74 Å². The molecule has 1 aliphatic heterocycles. The summed E-state index contributed by atoms with van der Waals surface area (Å²) in [6, 6.07) is 0. The number of hydrogen-bond donors (Lipinski definition) is 1. The number of carbonyl (C=O) groups is 1. The van der Waals surface area contributed by atoms with Crippen molar-refractivity contribution >= 4 is 17.4 Å². The van der Waals surface area contributed by atoms with E-state index in [0.29, 0.717) is 5.92 Å². The van der Waals surface area contributed by atoms with Crippen molar-refractivity contribution in [2.45, 2.75) is 59.1 Å². The average molecular weight is 340 g/mol. The molecular weight excluding hydrogens is 310 g/mol. The zero-order valence-electron chi connectivity index (χ0n) is 15.1. The molecule has 5 nitrogen and oxygen atoms in total. The number of carbonyl (C=O) groups excluding carboxylic acids is 1. The molecule has 1 N–H and O–H groups in total. The molecule has 6 heteroatoms. The van der Waals surface area contributed by atoms with E-state index >= 15 is 0 Å². The van der Waals surface area contributed by atoms with Crippen LogP contribution >= 0.6 is 11.3 Å². The van der Waals surface area contributed by atoms with Gasteiger partial charge in [-0.25, -0.2) is 9.78 Å². The Hall–Kier alpha value is -1.14. The molecule has 0 unspecified atom stereocenters. The zero-order valence-corrected chi connectivity index (χ0v) is 15.9. The van der Waals surface area contributed by atoms with Gasteiger partial charge in [0, 0.05) is 30.7 Å². The van der Waals surface area contributed by atoms with Gasteiger partial charge in [0.15, 0.2) is 0 Å². The summed E-state index contributed by atoms with van der Waals surface area (Å²) in [5.41, 5.74) is 0.493. The van der Waals surface area contributed by atoms with E-state index in [-0.39, 0.29) is 11.6 Å². The van der Waals surface area contributed by atoms with Crippen LogP contribution in [0.3, 0.4) is 0 Å². The van der Waals surface area contributed by atoms with E-state index < -0.39 is 5.60 Å². The third-order valence-electron chi connectivity index (χ3n) is 3.92. The second kappa shape index (κ2) is 6.77. The quantitative estimate of drug-likeness (QED) is 0.912. The second-order valence-corrected chi connectivity index (χ2v) is 8.74.